The van der Waals surface area contributed by atoms with Gasteiger partial charge in [-0.1, -0.05) is 23.9 Å². The molecule has 2 amide bonds. The Morgan fingerprint density at radius 1 is 1.25 bits per heavy atom. The van der Waals surface area contributed by atoms with Crippen LogP contribution in [0.15, 0.2) is 29.4 Å². The molecule has 0 bridgehead atoms. The quantitative estimate of drug-likeness (QED) is 0.681. The highest BCUT2D eigenvalue weighted by Gasteiger charge is 2.29. The minimum absolute atomic E-state index is 0.0102. The fourth-order valence-electron chi connectivity index (χ4n) is 2.56. The first-order valence-electron chi connectivity index (χ1n) is 9.45. The third kappa shape index (κ3) is 4.89. The van der Waals surface area contributed by atoms with Crippen LogP contribution in [0.4, 0.5) is 0 Å². The van der Waals surface area contributed by atoms with E-state index in [0.29, 0.717) is 23.3 Å². The van der Waals surface area contributed by atoms with Crippen molar-refractivity contribution < 1.29 is 9.59 Å². The second-order valence-electron chi connectivity index (χ2n) is 7.32. The molecule has 150 valence electrons. The van der Waals surface area contributed by atoms with Gasteiger partial charge in [-0.3, -0.25) is 9.59 Å². The average Bonchev–Trinajstić information content (AvgIpc) is 3.44. The molecule has 1 heterocycles. The van der Waals surface area contributed by atoms with Crippen molar-refractivity contribution in [3.05, 3.63) is 35.4 Å². The van der Waals surface area contributed by atoms with Gasteiger partial charge in [0.15, 0.2) is 0 Å². The molecule has 1 atom stereocenters. The van der Waals surface area contributed by atoms with E-state index in [1.807, 2.05) is 32.9 Å². The minimum Gasteiger partial charge on any atom is -0.351 e. The maximum atomic E-state index is 12.4. The Bertz CT molecular complexity index is 831. The van der Waals surface area contributed by atoms with E-state index in [1.165, 1.54) is 11.8 Å². The van der Waals surface area contributed by atoms with Crippen molar-refractivity contribution >= 4 is 23.6 Å². The van der Waals surface area contributed by atoms with E-state index in [9.17, 15) is 9.59 Å². The van der Waals surface area contributed by atoms with E-state index in [1.54, 1.807) is 28.8 Å². The Labute approximate surface area is 169 Å². The van der Waals surface area contributed by atoms with Gasteiger partial charge < -0.3 is 10.2 Å². The Morgan fingerprint density at radius 3 is 2.54 bits per heavy atom. The number of hydrogen-bond donors (Lipinski definition) is 1. The van der Waals surface area contributed by atoms with Gasteiger partial charge in [-0.05, 0) is 61.7 Å². The van der Waals surface area contributed by atoms with Gasteiger partial charge in [0.05, 0.1) is 11.3 Å². The van der Waals surface area contributed by atoms with Crippen LogP contribution in [0.3, 0.4) is 0 Å². The van der Waals surface area contributed by atoms with Gasteiger partial charge in [0, 0.05) is 25.2 Å². The fraction of sp³-hybridized carbons (Fsp3) is 0.526. The van der Waals surface area contributed by atoms with Crippen LogP contribution in [0.2, 0.25) is 0 Å². The number of nitrogens with one attached hydrogen (secondary N) is 1. The first-order chi connectivity index (χ1) is 13.4. The third-order valence-corrected chi connectivity index (χ3v) is 5.82. The monoisotopic (exact) mass is 402 g/mol. The summed E-state index contributed by atoms with van der Waals surface area (Å²) in [4.78, 5) is 26.4. The van der Waals surface area contributed by atoms with Crippen LogP contribution in [-0.4, -0.2) is 55.3 Å². The predicted octanol–water partition coefficient (Wildman–Crippen LogP) is 2.29. The molecule has 0 saturated heterocycles. The third-order valence-electron chi connectivity index (χ3n) is 4.77. The van der Waals surface area contributed by atoms with Crippen molar-refractivity contribution in [1.29, 1.82) is 0 Å². The van der Waals surface area contributed by atoms with Gasteiger partial charge in [0.1, 0.15) is 0 Å². The van der Waals surface area contributed by atoms with Crippen molar-refractivity contribution in [2.75, 3.05) is 7.05 Å². The number of tetrazole rings is 1. The zero-order valence-corrected chi connectivity index (χ0v) is 17.4. The lowest BCUT2D eigenvalue weighted by Crippen LogP contribution is -2.33. The van der Waals surface area contributed by atoms with E-state index in [0.717, 1.165) is 18.4 Å². The van der Waals surface area contributed by atoms with Crippen molar-refractivity contribution in [2.24, 2.45) is 0 Å². The normalized spacial score (nSPS) is 14.8. The van der Waals surface area contributed by atoms with Crippen molar-refractivity contribution in [3.8, 4) is 0 Å². The number of nitrogens with zero attached hydrogens (tertiary/aromatic N) is 5. The lowest BCUT2D eigenvalue weighted by atomic mass is 10.1. The van der Waals surface area contributed by atoms with Crippen LogP contribution in [0.5, 0.6) is 0 Å². The maximum Gasteiger partial charge on any atom is 0.253 e. The Morgan fingerprint density at radius 2 is 1.93 bits per heavy atom. The molecule has 1 saturated carbocycles. The summed E-state index contributed by atoms with van der Waals surface area (Å²) < 4.78 is 1.80. The van der Waals surface area contributed by atoms with Crippen molar-refractivity contribution in [1.82, 2.24) is 30.4 Å². The van der Waals surface area contributed by atoms with Gasteiger partial charge >= 0.3 is 0 Å². The highest BCUT2D eigenvalue weighted by molar-refractivity contribution is 8.00. The van der Waals surface area contributed by atoms with E-state index >= 15 is 0 Å². The van der Waals surface area contributed by atoms with E-state index in [-0.39, 0.29) is 23.1 Å². The SMILES string of the molecule is CC(Sc1nnnn1C1CC1)C(=O)NCc1ccc(C(=O)N(C)C(C)C)cc1. The molecular weight excluding hydrogens is 376 g/mol. The van der Waals surface area contributed by atoms with Gasteiger partial charge in [0.25, 0.3) is 5.91 Å². The smallest absolute Gasteiger partial charge is 0.253 e. The molecule has 1 fully saturated rings. The van der Waals surface area contributed by atoms with Crippen LogP contribution in [-0.2, 0) is 11.3 Å². The van der Waals surface area contributed by atoms with Crippen molar-refractivity contribution in [3.63, 3.8) is 0 Å². The van der Waals surface area contributed by atoms with Gasteiger partial charge in [-0.25, -0.2) is 4.68 Å². The molecule has 1 aliphatic rings. The number of thioether (sulfide) groups is 1. The number of carbonyl (C=O) groups excluding carboxylic acids is 2. The van der Waals surface area contributed by atoms with Crippen molar-refractivity contribution in [2.45, 2.75) is 62.6 Å². The molecular formula is C19H26N6O2S. The Hall–Kier alpha value is -2.42. The zero-order valence-electron chi connectivity index (χ0n) is 16.6. The number of aromatic nitrogens is 4. The summed E-state index contributed by atoms with van der Waals surface area (Å²) in [6, 6.07) is 7.85. The topological polar surface area (TPSA) is 93.0 Å². The summed E-state index contributed by atoms with van der Waals surface area (Å²) >= 11 is 1.37. The Kier molecular flexibility index (Phi) is 6.33. The molecule has 28 heavy (non-hydrogen) atoms. The van der Waals surface area contributed by atoms with Crippen LogP contribution in [0, 0.1) is 0 Å². The lowest BCUT2D eigenvalue weighted by molar-refractivity contribution is -0.120. The molecule has 0 spiro atoms. The summed E-state index contributed by atoms with van der Waals surface area (Å²) in [6.45, 7) is 6.20. The molecule has 2 aromatic rings. The summed E-state index contributed by atoms with van der Waals surface area (Å²) in [5, 5.41) is 15.0. The van der Waals surface area contributed by atoms with Crippen LogP contribution in [0.1, 0.15) is 55.6 Å². The Balaban J connectivity index is 1.51. The number of rotatable bonds is 8. The number of hydrogen-bond acceptors (Lipinski definition) is 6. The van der Waals surface area contributed by atoms with Crippen LogP contribution in [0.25, 0.3) is 0 Å². The van der Waals surface area contributed by atoms with Crippen LogP contribution < -0.4 is 5.32 Å². The maximum absolute atomic E-state index is 12.4. The van der Waals surface area contributed by atoms with Crippen LogP contribution >= 0.6 is 11.8 Å². The largest absolute Gasteiger partial charge is 0.351 e. The molecule has 1 aromatic heterocycles. The molecule has 1 unspecified atom stereocenters. The number of amides is 2. The second-order valence-corrected chi connectivity index (χ2v) is 8.63. The average molecular weight is 403 g/mol. The molecule has 3 rings (SSSR count). The lowest BCUT2D eigenvalue weighted by Gasteiger charge is -2.21. The van der Waals surface area contributed by atoms with Gasteiger partial charge in [-0.2, -0.15) is 0 Å². The standard InChI is InChI=1S/C19H26N6O2S/c1-12(2)24(4)18(27)15-7-5-14(6-8-15)11-20-17(26)13(3)28-19-21-22-23-25(19)16-9-10-16/h5-8,12-13,16H,9-11H2,1-4H3,(H,20,26). The van der Waals surface area contributed by atoms with E-state index in [2.05, 4.69) is 20.8 Å². The molecule has 0 aliphatic heterocycles. The summed E-state index contributed by atoms with van der Waals surface area (Å²) in [7, 11) is 1.79. The fourth-order valence-corrected chi connectivity index (χ4v) is 3.44. The summed E-state index contributed by atoms with van der Waals surface area (Å²) in [5.41, 5.74) is 1.58. The van der Waals surface area contributed by atoms with E-state index in [4.69, 9.17) is 0 Å². The molecule has 1 aliphatic carbocycles. The second kappa shape index (κ2) is 8.72. The molecule has 1 aromatic carbocycles. The zero-order chi connectivity index (χ0) is 20.3. The van der Waals surface area contributed by atoms with E-state index < -0.39 is 0 Å². The minimum atomic E-state index is -0.302. The molecule has 1 N–H and O–H groups in total. The molecule has 8 nitrogen and oxygen atoms in total. The predicted molar refractivity (Wildman–Crippen MR) is 107 cm³/mol. The van der Waals surface area contributed by atoms with Gasteiger partial charge in [0.2, 0.25) is 11.1 Å². The van der Waals surface area contributed by atoms with Gasteiger partial charge in [-0.15, -0.1) is 5.10 Å². The number of benzene rings is 1. The molecule has 0 radical (unpaired) electrons. The summed E-state index contributed by atoms with van der Waals surface area (Å²) in [5.74, 6) is -0.0842. The summed E-state index contributed by atoms with van der Waals surface area (Å²) in [6.07, 6.45) is 2.18. The highest BCUT2D eigenvalue weighted by Crippen LogP contribution is 2.37. The number of carbonyl (C=O) groups is 2. The first-order valence-corrected chi connectivity index (χ1v) is 10.3. The first kappa shape index (κ1) is 20.3. The molecule has 9 heteroatoms. The highest BCUT2D eigenvalue weighted by atomic mass is 32.2.